The third kappa shape index (κ3) is 2.69. The van der Waals surface area contributed by atoms with E-state index in [2.05, 4.69) is 15.9 Å². The topological polar surface area (TPSA) is 40.5 Å². The zero-order valence-electron chi connectivity index (χ0n) is 10.0. The zero-order valence-corrected chi connectivity index (χ0v) is 11.6. The molecule has 92 valence electrons. The Labute approximate surface area is 110 Å². The maximum atomic E-state index is 12.3. The van der Waals surface area contributed by atoms with Crippen LogP contribution in [0.25, 0.3) is 0 Å². The van der Waals surface area contributed by atoms with Crippen molar-refractivity contribution in [3.8, 4) is 0 Å². The van der Waals surface area contributed by atoms with E-state index in [0.717, 1.165) is 10.0 Å². The van der Waals surface area contributed by atoms with Crippen molar-refractivity contribution < 1.29 is 9.90 Å². The molecule has 1 unspecified atom stereocenters. The minimum atomic E-state index is -0.743. The Hall–Kier alpha value is -0.870. The molecule has 0 aliphatic carbocycles. The molecular weight excluding hydrogens is 282 g/mol. The highest BCUT2D eigenvalue weighted by atomic mass is 79.9. The molecule has 1 fully saturated rings. The van der Waals surface area contributed by atoms with Gasteiger partial charge < -0.3 is 10.0 Å². The summed E-state index contributed by atoms with van der Waals surface area (Å²) in [6.07, 6.45) is 0.641. The van der Waals surface area contributed by atoms with Crippen molar-refractivity contribution in [1.29, 1.82) is 0 Å². The number of amides is 1. The molecule has 1 amide bonds. The molecule has 17 heavy (non-hydrogen) atoms. The van der Waals surface area contributed by atoms with Crippen LogP contribution in [-0.4, -0.2) is 34.6 Å². The summed E-state index contributed by atoms with van der Waals surface area (Å²) in [6.45, 7) is 4.78. The second kappa shape index (κ2) is 4.42. The van der Waals surface area contributed by atoms with Crippen LogP contribution in [0.4, 0.5) is 0 Å². The number of hydrogen-bond donors (Lipinski definition) is 1. The third-order valence-corrected chi connectivity index (χ3v) is 3.75. The molecule has 0 aromatic heterocycles. The molecular formula is C13H16BrNO2. The van der Waals surface area contributed by atoms with E-state index in [1.165, 1.54) is 0 Å². The Morgan fingerprint density at radius 1 is 1.53 bits per heavy atom. The van der Waals surface area contributed by atoms with Gasteiger partial charge >= 0.3 is 0 Å². The van der Waals surface area contributed by atoms with Gasteiger partial charge in [-0.3, -0.25) is 4.79 Å². The number of nitrogens with zero attached hydrogens (tertiary/aromatic N) is 1. The van der Waals surface area contributed by atoms with Crippen molar-refractivity contribution in [3.63, 3.8) is 0 Å². The minimum Gasteiger partial charge on any atom is -0.388 e. The fraction of sp³-hybridized carbons (Fsp3) is 0.462. The molecule has 1 atom stereocenters. The summed E-state index contributed by atoms with van der Waals surface area (Å²) in [4.78, 5) is 14.0. The first-order chi connectivity index (χ1) is 7.89. The van der Waals surface area contributed by atoms with Gasteiger partial charge in [0.25, 0.3) is 5.91 Å². The van der Waals surface area contributed by atoms with E-state index in [1.807, 2.05) is 25.1 Å². The van der Waals surface area contributed by atoms with Crippen LogP contribution in [0.2, 0.25) is 0 Å². The zero-order chi connectivity index (χ0) is 12.6. The lowest BCUT2D eigenvalue weighted by atomic mass is 10.1. The van der Waals surface area contributed by atoms with Crippen molar-refractivity contribution in [3.05, 3.63) is 33.8 Å². The van der Waals surface area contributed by atoms with Crippen LogP contribution in [0.5, 0.6) is 0 Å². The maximum Gasteiger partial charge on any atom is 0.255 e. The molecule has 2 rings (SSSR count). The second-order valence-corrected chi connectivity index (χ2v) is 5.81. The Morgan fingerprint density at radius 3 is 2.76 bits per heavy atom. The summed E-state index contributed by atoms with van der Waals surface area (Å²) < 4.78 is 0.814. The van der Waals surface area contributed by atoms with Crippen LogP contribution in [-0.2, 0) is 0 Å². The normalized spacial score (nSPS) is 24.1. The highest BCUT2D eigenvalue weighted by molar-refractivity contribution is 9.10. The Bertz CT molecular complexity index is 457. The Kier molecular flexibility index (Phi) is 3.27. The molecule has 1 aliphatic heterocycles. The first-order valence-electron chi connectivity index (χ1n) is 5.67. The predicted octanol–water partition coefficient (Wildman–Crippen LogP) is 2.35. The van der Waals surface area contributed by atoms with Crippen LogP contribution in [0.1, 0.15) is 29.3 Å². The molecule has 0 saturated carbocycles. The van der Waals surface area contributed by atoms with Crippen molar-refractivity contribution in [1.82, 2.24) is 4.90 Å². The molecule has 4 heteroatoms. The molecule has 1 N–H and O–H groups in total. The van der Waals surface area contributed by atoms with Gasteiger partial charge in [-0.25, -0.2) is 0 Å². The van der Waals surface area contributed by atoms with Crippen molar-refractivity contribution >= 4 is 21.8 Å². The van der Waals surface area contributed by atoms with Crippen molar-refractivity contribution in [2.24, 2.45) is 0 Å². The van der Waals surface area contributed by atoms with Crippen LogP contribution < -0.4 is 0 Å². The maximum absolute atomic E-state index is 12.3. The lowest BCUT2D eigenvalue weighted by Gasteiger charge is -2.19. The number of rotatable bonds is 1. The number of aliphatic hydroxyl groups is 1. The average molecular weight is 298 g/mol. The summed E-state index contributed by atoms with van der Waals surface area (Å²) in [5.74, 6) is -0.0188. The van der Waals surface area contributed by atoms with Crippen LogP contribution in [0.15, 0.2) is 22.7 Å². The fourth-order valence-electron chi connectivity index (χ4n) is 2.08. The van der Waals surface area contributed by atoms with Gasteiger partial charge in [0.1, 0.15) is 0 Å². The summed E-state index contributed by atoms with van der Waals surface area (Å²) in [5, 5.41) is 9.87. The number of β-amino-alcohol motifs (C(OH)–C–C–N with tert-alkyl or cyclic N) is 1. The standard InChI is InChI=1S/C13H16BrNO2/c1-9-3-4-10(11(14)7-9)12(16)15-6-5-13(2,17)8-15/h3-4,7,17H,5-6,8H2,1-2H3. The highest BCUT2D eigenvalue weighted by Gasteiger charge is 2.34. The first kappa shape index (κ1) is 12.6. The summed E-state index contributed by atoms with van der Waals surface area (Å²) >= 11 is 3.41. The summed E-state index contributed by atoms with van der Waals surface area (Å²) in [7, 11) is 0. The number of likely N-dealkylation sites (tertiary alicyclic amines) is 1. The molecule has 0 radical (unpaired) electrons. The van der Waals surface area contributed by atoms with E-state index in [0.29, 0.717) is 25.1 Å². The van der Waals surface area contributed by atoms with Gasteiger partial charge in [-0.2, -0.15) is 0 Å². The van der Waals surface area contributed by atoms with E-state index < -0.39 is 5.60 Å². The van der Waals surface area contributed by atoms with Crippen LogP contribution >= 0.6 is 15.9 Å². The van der Waals surface area contributed by atoms with Crippen molar-refractivity contribution in [2.75, 3.05) is 13.1 Å². The highest BCUT2D eigenvalue weighted by Crippen LogP contribution is 2.25. The number of benzene rings is 1. The fourth-order valence-corrected chi connectivity index (χ4v) is 2.75. The molecule has 0 spiro atoms. The SMILES string of the molecule is Cc1ccc(C(=O)N2CCC(C)(O)C2)c(Br)c1. The summed E-state index contributed by atoms with van der Waals surface area (Å²) in [6, 6.07) is 5.68. The number of halogens is 1. The lowest BCUT2D eigenvalue weighted by molar-refractivity contribution is 0.0571. The van der Waals surface area contributed by atoms with Crippen molar-refractivity contribution in [2.45, 2.75) is 25.9 Å². The Balaban J connectivity index is 2.21. The largest absolute Gasteiger partial charge is 0.388 e. The smallest absolute Gasteiger partial charge is 0.255 e. The van der Waals surface area contributed by atoms with Gasteiger partial charge in [0, 0.05) is 17.6 Å². The number of carbonyl (C=O) groups excluding carboxylic acids is 1. The predicted molar refractivity (Wildman–Crippen MR) is 70.0 cm³/mol. The average Bonchev–Trinajstić information content (AvgIpc) is 2.58. The number of carbonyl (C=O) groups is 1. The quantitative estimate of drug-likeness (QED) is 0.864. The molecule has 1 aromatic carbocycles. The van der Waals surface area contributed by atoms with E-state index in [9.17, 15) is 9.90 Å². The lowest BCUT2D eigenvalue weighted by Crippen LogP contribution is -2.34. The number of hydrogen-bond acceptors (Lipinski definition) is 2. The van der Waals surface area contributed by atoms with E-state index in [-0.39, 0.29) is 5.91 Å². The van der Waals surface area contributed by atoms with Crippen LogP contribution in [0.3, 0.4) is 0 Å². The van der Waals surface area contributed by atoms with E-state index in [1.54, 1.807) is 11.8 Å². The monoisotopic (exact) mass is 297 g/mol. The molecule has 3 nitrogen and oxygen atoms in total. The summed E-state index contributed by atoms with van der Waals surface area (Å²) in [5.41, 5.74) is 1.03. The Morgan fingerprint density at radius 2 is 2.24 bits per heavy atom. The molecule has 0 bridgehead atoms. The molecule has 1 aliphatic rings. The molecule has 1 saturated heterocycles. The van der Waals surface area contributed by atoms with Gasteiger partial charge in [-0.05, 0) is 53.9 Å². The minimum absolute atomic E-state index is 0.0188. The van der Waals surface area contributed by atoms with Gasteiger partial charge in [-0.15, -0.1) is 0 Å². The first-order valence-corrected chi connectivity index (χ1v) is 6.46. The van der Waals surface area contributed by atoms with E-state index >= 15 is 0 Å². The second-order valence-electron chi connectivity index (χ2n) is 4.96. The van der Waals surface area contributed by atoms with Crippen LogP contribution in [0, 0.1) is 6.92 Å². The number of aryl methyl sites for hydroxylation is 1. The van der Waals surface area contributed by atoms with Gasteiger partial charge in [-0.1, -0.05) is 6.07 Å². The molecule has 1 heterocycles. The van der Waals surface area contributed by atoms with Gasteiger partial charge in [0.2, 0.25) is 0 Å². The van der Waals surface area contributed by atoms with Gasteiger partial charge in [0.15, 0.2) is 0 Å². The molecule has 1 aromatic rings. The van der Waals surface area contributed by atoms with Gasteiger partial charge in [0.05, 0.1) is 11.2 Å². The third-order valence-electron chi connectivity index (χ3n) is 3.09. The van der Waals surface area contributed by atoms with E-state index in [4.69, 9.17) is 0 Å².